The van der Waals surface area contributed by atoms with E-state index < -0.39 is 38.0 Å². The fourth-order valence-corrected chi connectivity index (χ4v) is 4.38. The summed E-state index contributed by atoms with van der Waals surface area (Å²) in [5.41, 5.74) is -0.387. The Morgan fingerprint density at radius 2 is 1.92 bits per heavy atom. The summed E-state index contributed by atoms with van der Waals surface area (Å²) in [6.07, 6.45) is -3.72. The molecule has 11 heteroatoms. The maximum absolute atomic E-state index is 13.1. The van der Waals surface area contributed by atoms with Gasteiger partial charge >= 0.3 is 6.18 Å². The van der Waals surface area contributed by atoms with E-state index in [1.54, 1.807) is 0 Å². The van der Waals surface area contributed by atoms with Gasteiger partial charge in [0.1, 0.15) is 10.6 Å². The van der Waals surface area contributed by atoms with Crippen molar-refractivity contribution in [2.75, 3.05) is 7.11 Å². The molecule has 1 aliphatic carbocycles. The van der Waals surface area contributed by atoms with Gasteiger partial charge in [-0.1, -0.05) is 12.8 Å². The topological polar surface area (TPSA) is 98.5 Å². The zero-order chi connectivity index (χ0) is 18.8. The molecule has 1 aromatic carbocycles. The molecule has 0 aromatic heterocycles. The van der Waals surface area contributed by atoms with Crippen molar-refractivity contribution in [1.82, 2.24) is 4.72 Å². The van der Waals surface area contributed by atoms with Crippen molar-refractivity contribution >= 4 is 15.7 Å². The van der Waals surface area contributed by atoms with Crippen LogP contribution in [0.5, 0.6) is 5.75 Å². The van der Waals surface area contributed by atoms with E-state index >= 15 is 0 Å². The van der Waals surface area contributed by atoms with E-state index in [1.807, 2.05) is 0 Å². The molecule has 0 saturated heterocycles. The normalized spacial score (nSPS) is 21.8. The average molecular weight is 382 g/mol. The van der Waals surface area contributed by atoms with Crippen LogP contribution in [0.1, 0.15) is 25.7 Å². The van der Waals surface area contributed by atoms with Crippen LogP contribution in [0.3, 0.4) is 0 Å². The summed E-state index contributed by atoms with van der Waals surface area (Å²) in [7, 11) is -3.21. The van der Waals surface area contributed by atoms with E-state index in [2.05, 4.69) is 4.72 Å². The molecule has 0 aliphatic heterocycles. The van der Waals surface area contributed by atoms with E-state index in [0.717, 1.165) is 25.3 Å². The SMILES string of the molecule is COc1cc([N+](=O)[O-])ccc1S(=O)(=O)NC1CCCCC1C(F)(F)F. The summed E-state index contributed by atoms with van der Waals surface area (Å²) >= 11 is 0. The Morgan fingerprint density at radius 1 is 1.28 bits per heavy atom. The lowest BCUT2D eigenvalue weighted by Crippen LogP contribution is -2.47. The molecule has 0 heterocycles. The molecular weight excluding hydrogens is 365 g/mol. The third-order valence-electron chi connectivity index (χ3n) is 4.14. The standard InChI is InChI=1S/C14H17F3N2O5S/c1-24-12-8-9(19(20)21)6-7-13(12)25(22,23)18-11-5-3-2-4-10(11)14(15,16)17/h6-8,10-11,18H,2-5H2,1H3. The van der Waals surface area contributed by atoms with Gasteiger partial charge < -0.3 is 4.74 Å². The van der Waals surface area contributed by atoms with Crippen molar-refractivity contribution in [2.45, 2.75) is 42.8 Å². The van der Waals surface area contributed by atoms with Crippen molar-refractivity contribution < 1.29 is 31.2 Å². The molecule has 140 valence electrons. The molecule has 1 N–H and O–H groups in total. The molecule has 1 saturated carbocycles. The van der Waals surface area contributed by atoms with Gasteiger partial charge in [0, 0.05) is 12.1 Å². The second-order valence-corrected chi connectivity index (χ2v) is 7.44. The largest absolute Gasteiger partial charge is 0.495 e. The lowest BCUT2D eigenvalue weighted by molar-refractivity contribution is -0.385. The van der Waals surface area contributed by atoms with Gasteiger partial charge in [-0.3, -0.25) is 10.1 Å². The Labute approximate surface area is 142 Å². The molecule has 0 radical (unpaired) electrons. The average Bonchev–Trinajstić information content (AvgIpc) is 2.53. The molecule has 0 bridgehead atoms. The second kappa shape index (κ2) is 7.16. The second-order valence-electron chi connectivity index (χ2n) is 5.75. The molecular formula is C14H17F3N2O5S. The number of hydrogen-bond acceptors (Lipinski definition) is 5. The van der Waals surface area contributed by atoms with Crippen LogP contribution in [0.25, 0.3) is 0 Å². The Kier molecular flexibility index (Phi) is 5.57. The van der Waals surface area contributed by atoms with Gasteiger partial charge in [-0.05, 0) is 18.9 Å². The predicted octanol–water partition coefficient (Wildman–Crippen LogP) is 3.00. The summed E-state index contributed by atoms with van der Waals surface area (Å²) in [5, 5.41) is 10.8. The summed E-state index contributed by atoms with van der Waals surface area (Å²) in [6, 6.07) is 1.54. The minimum atomic E-state index is -4.51. The van der Waals surface area contributed by atoms with Gasteiger partial charge in [0.05, 0.1) is 24.0 Å². The van der Waals surface area contributed by atoms with Crippen molar-refractivity contribution in [3.63, 3.8) is 0 Å². The van der Waals surface area contributed by atoms with E-state index in [0.29, 0.717) is 12.8 Å². The zero-order valence-corrected chi connectivity index (χ0v) is 14.1. The fraction of sp³-hybridized carbons (Fsp3) is 0.571. The van der Waals surface area contributed by atoms with Crippen LogP contribution in [0.2, 0.25) is 0 Å². The minimum absolute atomic E-state index is 0.0682. The molecule has 25 heavy (non-hydrogen) atoms. The number of nitro benzene ring substituents is 1. The lowest BCUT2D eigenvalue weighted by Gasteiger charge is -2.33. The Hall–Kier alpha value is -1.88. The number of rotatable bonds is 5. The van der Waals surface area contributed by atoms with Gasteiger partial charge in [0.25, 0.3) is 5.69 Å². The zero-order valence-electron chi connectivity index (χ0n) is 13.2. The molecule has 7 nitrogen and oxygen atoms in total. The number of benzene rings is 1. The third-order valence-corrected chi connectivity index (χ3v) is 5.67. The first-order valence-corrected chi connectivity index (χ1v) is 8.96. The van der Waals surface area contributed by atoms with Crippen molar-refractivity contribution in [1.29, 1.82) is 0 Å². The van der Waals surface area contributed by atoms with Gasteiger partial charge in [-0.25, -0.2) is 13.1 Å². The highest BCUT2D eigenvalue weighted by atomic mass is 32.2. The maximum Gasteiger partial charge on any atom is 0.393 e. The number of alkyl halides is 3. The summed E-state index contributed by atoms with van der Waals surface area (Å²) < 4.78 is 71.3. The van der Waals surface area contributed by atoms with E-state index in [-0.39, 0.29) is 24.3 Å². The highest BCUT2D eigenvalue weighted by molar-refractivity contribution is 7.89. The first kappa shape index (κ1) is 19.4. The molecule has 0 amide bonds. The molecule has 0 spiro atoms. The number of nitro groups is 1. The van der Waals surface area contributed by atoms with Crippen LogP contribution in [-0.2, 0) is 10.0 Å². The summed E-state index contributed by atoms with van der Waals surface area (Å²) in [6.45, 7) is 0. The Bertz CT molecular complexity index is 751. The smallest absolute Gasteiger partial charge is 0.393 e. The summed E-state index contributed by atoms with van der Waals surface area (Å²) in [4.78, 5) is 9.59. The first-order chi connectivity index (χ1) is 11.6. The van der Waals surface area contributed by atoms with Crippen LogP contribution in [0, 0.1) is 16.0 Å². The molecule has 1 aliphatic rings. The fourth-order valence-electron chi connectivity index (χ4n) is 2.92. The van der Waals surface area contributed by atoms with Crippen molar-refractivity contribution in [3.8, 4) is 5.75 Å². The highest BCUT2D eigenvalue weighted by Gasteiger charge is 2.46. The van der Waals surface area contributed by atoms with Crippen molar-refractivity contribution in [3.05, 3.63) is 28.3 Å². The highest BCUT2D eigenvalue weighted by Crippen LogP contribution is 2.39. The van der Waals surface area contributed by atoms with E-state index in [9.17, 15) is 31.7 Å². The number of methoxy groups -OCH3 is 1. The Morgan fingerprint density at radius 3 is 2.48 bits per heavy atom. The molecule has 2 unspecified atom stereocenters. The van der Waals surface area contributed by atoms with Crippen LogP contribution in [-0.4, -0.2) is 32.7 Å². The van der Waals surface area contributed by atoms with Crippen LogP contribution in [0.15, 0.2) is 23.1 Å². The number of ether oxygens (including phenoxy) is 1. The number of non-ortho nitro benzene ring substituents is 1. The predicted molar refractivity (Wildman–Crippen MR) is 81.8 cm³/mol. The monoisotopic (exact) mass is 382 g/mol. The lowest BCUT2D eigenvalue weighted by atomic mass is 9.85. The Balaban J connectivity index is 2.33. The molecule has 2 atom stereocenters. The molecule has 1 aromatic rings. The first-order valence-electron chi connectivity index (χ1n) is 7.47. The number of halogens is 3. The van der Waals surface area contributed by atoms with Crippen LogP contribution in [0.4, 0.5) is 18.9 Å². The number of nitrogens with zero attached hydrogens (tertiary/aromatic N) is 1. The van der Waals surface area contributed by atoms with Gasteiger partial charge in [0.2, 0.25) is 10.0 Å². The maximum atomic E-state index is 13.1. The third kappa shape index (κ3) is 4.40. The number of hydrogen-bond donors (Lipinski definition) is 1. The molecule has 1 fully saturated rings. The summed E-state index contributed by atoms with van der Waals surface area (Å²) in [5.74, 6) is -2.07. The van der Waals surface area contributed by atoms with Crippen LogP contribution >= 0.6 is 0 Å². The van der Waals surface area contributed by atoms with Crippen LogP contribution < -0.4 is 9.46 Å². The number of nitrogens with one attached hydrogen (secondary N) is 1. The number of sulfonamides is 1. The van der Waals surface area contributed by atoms with Crippen molar-refractivity contribution in [2.24, 2.45) is 5.92 Å². The van der Waals surface area contributed by atoms with Gasteiger partial charge in [-0.2, -0.15) is 13.2 Å². The quantitative estimate of drug-likeness (QED) is 0.623. The van der Waals surface area contributed by atoms with Gasteiger partial charge in [-0.15, -0.1) is 0 Å². The minimum Gasteiger partial charge on any atom is -0.495 e. The molecule has 2 rings (SSSR count). The van der Waals surface area contributed by atoms with E-state index in [1.165, 1.54) is 0 Å². The van der Waals surface area contributed by atoms with Gasteiger partial charge in [0.15, 0.2) is 0 Å². The van der Waals surface area contributed by atoms with E-state index in [4.69, 9.17) is 4.74 Å².